The molecular formula is C15H21BrS. The largest absolute Gasteiger partial charge is 0.125 e. The number of thioether (sulfide) groups is 1. The van der Waals surface area contributed by atoms with Crippen molar-refractivity contribution in [2.45, 2.75) is 37.5 Å². The number of hydrogen-bond donors (Lipinski definition) is 0. The monoisotopic (exact) mass is 312 g/mol. The Morgan fingerprint density at radius 2 is 2.12 bits per heavy atom. The number of alkyl halides is 1. The Kier molecular flexibility index (Phi) is 4.98. The third-order valence-corrected chi connectivity index (χ3v) is 5.61. The molecule has 2 heteroatoms. The number of benzene rings is 1. The molecule has 2 unspecified atom stereocenters. The first-order valence-electron chi connectivity index (χ1n) is 6.48. The van der Waals surface area contributed by atoms with Crippen LogP contribution in [0.15, 0.2) is 29.2 Å². The fraction of sp³-hybridized carbons (Fsp3) is 0.600. The molecule has 0 fully saturated rings. The van der Waals surface area contributed by atoms with Crippen molar-refractivity contribution in [3.63, 3.8) is 0 Å². The van der Waals surface area contributed by atoms with Crippen molar-refractivity contribution in [1.29, 1.82) is 0 Å². The molecule has 1 aromatic carbocycles. The normalized spacial score (nSPS) is 20.6. The van der Waals surface area contributed by atoms with Gasteiger partial charge >= 0.3 is 0 Å². The van der Waals surface area contributed by atoms with Gasteiger partial charge < -0.3 is 0 Å². The molecule has 17 heavy (non-hydrogen) atoms. The summed E-state index contributed by atoms with van der Waals surface area (Å²) in [5.74, 6) is 3.69. The van der Waals surface area contributed by atoms with Gasteiger partial charge in [0.1, 0.15) is 0 Å². The van der Waals surface area contributed by atoms with E-state index in [4.69, 9.17) is 0 Å². The Morgan fingerprint density at radius 3 is 2.82 bits per heavy atom. The molecular weight excluding hydrogens is 292 g/mol. The van der Waals surface area contributed by atoms with Crippen molar-refractivity contribution in [2.75, 3.05) is 11.1 Å². The third-order valence-electron chi connectivity index (χ3n) is 3.44. The summed E-state index contributed by atoms with van der Waals surface area (Å²) < 4.78 is 0. The summed E-state index contributed by atoms with van der Waals surface area (Å²) >= 11 is 5.72. The van der Waals surface area contributed by atoms with E-state index in [9.17, 15) is 0 Å². The molecule has 0 saturated heterocycles. The van der Waals surface area contributed by atoms with E-state index in [-0.39, 0.29) is 0 Å². The van der Waals surface area contributed by atoms with Crippen LogP contribution in [0.2, 0.25) is 0 Å². The standard InChI is InChI=1S/C15H21BrS/c1-11(2)7-12(9-16)8-13-10-17-15-6-4-3-5-14(13)15/h3-6,11-13H,7-10H2,1-2H3. The van der Waals surface area contributed by atoms with Gasteiger partial charge in [-0.05, 0) is 42.2 Å². The van der Waals surface area contributed by atoms with Crippen molar-refractivity contribution < 1.29 is 0 Å². The Bertz CT molecular complexity index is 362. The highest BCUT2D eigenvalue weighted by molar-refractivity contribution is 9.09. The van der Waals surface area contributed by atoms with E-state index in [1.165, 1.54) is 23.5 Å². The molecule has 1 aromatic rings. The fourth-order valence-electron chi connectivity index (χ4n) is 2.72. The molecule has 0 aromatic heterocycles. The summed E-state index contributed by atoms with van der Waals surface area (Å²) in [6.45, 7) is 4.65. The minimum absolute atomic E-state index is 0.775. The quantitative estimate of drug-likeness (QED) is 0.663. The second-order valence-electron chi connectivity index (χ2n) is 5.43. The van der Waals surface area contributed by atoms with Crippen LogP contribution in [-0.4, -0.2) is 11.1 Å². The van der Waals surface area contributed by atoms with Gasteiger partial charge in [-0.1, -0.05) is 48.0 Å². The van der Waals surface area contributed by atoms with Crippen molar-refractivity contribution in [1.82, 2.24) is 0 Å². The lowest BCUT2D eigenvalue weighted by molar-refractivity contribution is 0.402. The summed E-state index contributed by atoms with van der Waals surface area (Å²) in [6.07, 6.45) is 2.68. The lowest BCUT2D eigenvalue weighted by Gasteiger charge is -2.20. The number of hydrogen-bond acceptors (Lipinski definition) is 1. The predicted molar refractivity (Wildman–Crippen MR) is 81.3 cm³/mol. The Hall–Kier alpha value is 0.0500. The first-order chi connectivity index (χ1) is 8.20. The molecule has 0 saturated carbocycles. The molecule has 1 heterocycles. The molecule has 2 rings (SSSR count). The zero-order chi connectivity index (χ0) is 12.3. The van der Waals surface area contributed by atoms with Crippen molar-refractivity contribution >= 4 is 27.7 Å². The van der Waals surface area contributed by atoms with E-state index in [0.29, 0.717) is 0 Å². The lowest BCUT2D eigenvalue weighted by Crippen LogP contribution is -2.11. The summed E-state index contributed by atoms with van der Waals surface area (Å²) in [4.78, 5) is 1.51. The van der Waals surface area contributed by atoms with Crippen LogP contribution in [0, 0.1) is 11.8 Å². The molecule has 0 nitrogen and oxygen atoms in total. The summed E-state index contributed by atoms with van der Waals surface area (Å²) in [7, 11) is 0. The van der Waals surface area contributed by atoms with E-state index in [1.54, 1.807) is 5.56 Å². The highest BCUT2D eigenvalue weighted by Crippen LogP contribution is 2.43. The van der Waals surface area contributed by atoms with Crippen LogP contribution in [0.4, 0.5) is 0 Å². The minimum atomic E-state index is 0.775. The molecule has 2 atom stereocenters. The summed E-state index contributed by atoms with van der Waals surface area (Å²) in [5, 5.41) is 1.15. The van der Waals surface area contributed by atoms with Crippen LogP contribution < -0.4 is 0 Å². The fourth-order valence-corrected chi connectivity index (χ4v) is 4.52. The van der Waals surface area contributed by atoms with Crippen molar-refractivity contribution in [2.24, 2.45) is 11.8 Å². The van der Waals surface area contributed by atoms with E-state index in [2.05, 4.69) is 54.0 Å². The maximum Gasteiger partial charge on any atom is 0.0107 e. The maximum atomic E-state index is 3.68. The maximum absolute atomic E-state index is 3.68. The van der Waals surface area contributed by atoms with Gasteiger partial charge in [0, 0.05) is 16.0 Å². The molecule has 0 bridgehead atoms. The van der Waals surface area contributed by atoms with Gasteiger partial charge in [0.25, 0.3) is 0 Å². The van der Waals surface area contributed by atoms with Crippen LogP contribution >= 0.6 is 27.7 Å². The molecule has 0 amide bonds. The lowest BCUT2D eigenvalue weighted by atomic mass is 9.87. The third kappa shape index (κ3) is 3.51. The van der Waals surface area contributed by atoms with Gasteiger partial charge in [-0.3, -0.25) is 0 Å². The van der Waals surface area contributed by atoms with Gasteiger partial charge in [0.05, 0.1) is 0 Å². The molecule has 1 aliphatic heterocycles. The van der Waals surface area contributed by atoms with Gasteiger partial charge in [0.2, 0.25) is 0 Å². The van der Waals surface area contributed by atoms with E-state index in [1.807, 2.05) is 11.8 Å². The number of halogens is 1. The Morgan fingerprint density at radius 1 is 1.35 bits per heavy atom. The average Bonchev–Trinajstić information content (AvgIpc) is 2.71. The summed E-state index contributed by atoms with van der Waals surface area (Å²) in [5.41, 5.74) is 1.59. The smallest absolute Gasteiger partial charge is 0.0107 e. The van der Waals surface area contributed by atoms with Gasteiger partial charge in [0.15, 0.2) is 0 Å². The number of fused-ring (bicyclic) bond motifs is 1. The highest BCUT2D eigenvalue weighted by Gasteiger charge is 2.25. The molecule has 94 valence electrons. The highest BCUT2D eigenvalue weighted by atomic mass is 79.9. The zero-order valence-electron chi connectivity index (χ0n) is 10.7. The van der Waals surface area contributed by atoms with E-state index >= 15 is 0 Å². The van der Waals surface area contributed by atoms with Crippen molar-refractivity contribution in [3.05, 3.63) is 29.8 Å². The van der Waals surface area contributed by atoms with Crippen LogP contribution in [0.25, 0.3) is 0 Å². The second kappa shape index (κ2) is 6.29. The van der Waals surface area contributed by atoms with E-state index in [0.717, 1.165) is 23.1 Å². The molecule has 1 aliphatic rings. The predicted octanol–water partition coefficient (Wildman–Crippen LogP) is 5.32. The van der Waals surface area contributed by atoms with Crippen LogP contribution in [0.5, 0.6) is 0 Å². The van der Waals surface area contributed by atoms with Gasteiger partial charge in [-0.2, -0.15) is 0 Å². The molecule has 0 N–H and O–H groups in total. The zero-order valence-corrected chi connectivity index (χ0v) is 13.1. The van der Waals surface area contributed by atoms with Gasteiger partial charge in [-0.25, -0.2) is 0 Å². The topological polar surface area (TPSA) is 0 Å². The molecule has 0 aliphatic carbocycles. The van der Waals surface area contributed by atoms with Crippen LogP contribution in [0.1, 0.15) is 38.2 Å². The van der Waals surface area contributed by atoms with Crippen molar-refractivity contribution in [3.8, 4) is 0 Å². The second-order valence-corrected chi connectivity index (χ2v) is 7.14. The molecule has 0 radical (unpaired) electrons. The minimum Gasteiger partial charge on any atom is -0.125 e. The average molecular weight is 313 g/mol. The van der Waals surface area contributed by atoms with E-state index < -0.39 is 0 Å². The molecule has 0 spiro atoms. The van der Waals surface area contributed by atoms with Crippen LogP contribution in [0.3, 0.4) is 0 Å². The first-order valence-corrected chi connectivity index (χ1v) is 8.59. The Labute approximate surface area is 118 Å². The SMILES string of the molecule is CC(C)CC(CBr)CC1CSc2ccccc21. The first kappa shape index (κ1) is 13.5. The number of rotatable bonds is 5. The Balaban J connectivity index is 2.00. The van der Waals surface area contributed by atoms with Crippen LogP contribution in [-0.2, 0) is 0 Å². The summed E-state index contributed by atoms with van der Waals surface area (Å²) in [6, 6.07) is 8.93. The van der Waals surface area contributed by atoms with Gasteiger partial charge in [-0.15, -0.1) is 11.8 Å².